The maximum atomic E-state index is 3.22. The van der Waals surface area contributed by atoms with E-state index in [-0.39, 0.29) is 0 Å². The van der Waals surface area contributed by atoms with Gasteiger partial charge in [0, 0.05) is 18.3 Å². The Morgan fingerprint density at radius 1 is 0.684 bits per heavy atom. The third kappa shape index (κ3) is 4.78. The second-order valence-electron chi connectivity index (χ2n) is 3.61. The van der Waals surface area contributed by atoms with Crippen molar-refractivity contribution >= 4 is 5.69 Å². The molecule has 104 valence electrons. The minimum absolute atomic E-state index is 1.17. The zero-order valence-corrected chi connectivity index (χ0v) is 13.1. The zero-order valence-electron chi connectivity index (χ0n) is 13.1. The normalized spacial score (nSPS) is 8.53. The molecule has 0 aromatic heterocycles. The SMILES string of the molecule is CC.CC.CNc1ccccc1-c1ccccc1C. The Hall–Kier alpha value is -1.76. The van der Waals surface area contributed by atoms with Gasteiger partial charge in [-0.25, -0.2) is 0 Å². The Morgan fingerprint density at radius 2 is 1.16 bits per heavy atom. The van der Waals surface area contributed by atoms with Crippen molar-refractivity contribution in [2.24, 2.45) is 0 Å². The predicted molar refractivity (Wildman–Crippen MR) is 88.9 cm³/mol. The van der Waals surface area contributed by atoms with Crippen LogP contribution in [0.5, 0.6) is 0 Å². The predicted octanol–water partition coefficient (Wildman–Crippen LogP) is 5.76. The Labute approximate surface area is 118 Å². The summed E-state index contributed by atoms with van der Waals surface area (Å²) < 4.78 is 0. The van der Waals surface area contributed by atoms with Gasteiger partial charge in [0.1, 0.15) is 0 Å². The van der Waals surface area contributed by atoms with E-state index in [4.69, 9.17) is 0 Å². The van der Waals surface area contributed by atoms with Gasteiger partial charge in [0.25, 0.3) is 0 Å². The molecule has 0 heterocycles. The smallest absolute Gasteiger partial charge is 0.0417 e. The van der Waals surface area contributed by atoms with Crippen molar-refractivity contribution in [1.82, 2.24) is 0 Å². The molecule has 2 aromatic carbocycles. The molecular formula is C18H27N. The van der Waals surface area contributed by atoms with Crippen molar-refractivity contribution in [3.8, 4) is 11.1 Å². The largest absolute Gasteiger partial charge is 0.388 e. The van der Waals surface area contributed by atoms with Crippen molar-refractivity contribution < 1.29 is 0 Å². The average molecular weight is 257 g/mol. The highest BCUT2D eigenvalue weighted by Crippen LogP contribution is 2.29. The molecule has 1 heteroatoms. The van der Waals surface area contributed by atoms with Crippen LogP contribution in [0.15, 0.2) is 48.5 Å². The number of para-hydroxylation sites is 1. The first kappa shape index (κ1) is 17.2. The minimum Gasteiger partial charge on any atom is -0.388 e. The summed E-state index contributed by atoms with van der Waals surface area (Å²) in [7, 11) is 1.96. The van der Waals surface area contributed by atoms with E-state index in [0.717, 1.165) is 0 Å². The number of nitrogens with one attached hydrogen (secondary N) is 1. The van der Waals surface area contributed by atoms with Crippen molar-refractivity contribution in [3.05, 3.63) is 54.1 Å². The lowest BCUT2D eigenvalue weighted by atomic mass is 9.99. The van der Waals surface area contributed by atoms with Crippen LogP contribution in [0, 0.1) is 6.92 Å². The number of hydrogen-bond donors (Lipinski definition) is 1. The summed E-state index contributed by atoms with van der Waals surface area (Å²) in [6.07, 6.45) is 0. The zero-order chi connectivity index (χ0) is 14.7. The summed E-state index contributed by atoms with van der Waals surface area (Å²) in [4.78, 5) is 0. The van der Waals surface area contributed by atoms with Crippen molar-refractivity contribution in [2.45, 2.75) is 34.6 Å². The number of rotatable bonds is 2. The van der Waals surface area contributed by atoms with Gasteiger partial charge >= 0.3 is 0 Å². The summed E-state index contributed by atoms with van der Waals surface area (Å²) in [5, 5.41) is 3.22. The fourth-order valence-corrected chi connectivity index (χ4v) is 1.81. The van der Waals surface area contributed by atoms with Gasteiger partial charge in [-0.05, 0) is 24.1 Å². The van der Waals surface area contributed by atoms with Gasteiger partial charge in [0.15, 0.2) is 0 Å². The Kier molecular flexibility index (Phi) is 9.25. The summed E-state index contributed by atoms with van der Waals surface area (Å²) in [5.41, 5.74) is 5.03. The van der Waals surface area contributed by atoms with Crippen LogP contribution in [0.4, 0.5) is 5.69 Å². The summed E-state index contributed by atoms with van der Waals surface area (Å²) in [6.45, 7) is 10.1. The van der Waals surface area contributed by atoms with Crippen LogP contribution in [0.25, 0.3) is 11.1 Å². The highest BCUT2D eigenvalue weighted by molar-refractivity contribution is 5.79. The van der Waals surface area contributed by atoms with Gasteiger partial charge in [-0.15, -0.1) is 0 Å². The molecule has 0 amide bonds. The van der Waals surface area contributed by atoms with E-state index in [1.807, 2.05) is 40.8 Å². The van der Waals surface area contributed by atoms with Crippen LogP contribution < -0.4 is 5.32 Å². The average Bonchev–Trinajstić information content (AvgIpc) is 2.52. The third-order valence-corrected chi connectivity index (χ3v) is 2.63. The van der Waals surface area contributed by atoms with Crippen molar-refractivity contribution in [3.63, 3.8) is 0 Å². The number of hydrogen-bond acceptors (Lipinski definition) is 1. The fourth-order valence-electron chi connectivity index (χ4n) is 1.81. The Balaban J connectivity index is 0.000000741. The van der Waals surface area contributed by atoms with E-state index in [2.05, 4.69) is 54.7 Å². The van der Waals surface area contributed by atoms with Crippen LogP contribution in [0.1, 0.15) is 33.3 Å². The van der Waals surface area contributed by atoms with E-state index in [0.29, 0.717) is 0 Å². The van der Waals surface area contributed by atoms with E-state index in [1.54, 1.807) is 0 Å². The van der Waals surface area contributed by atoms with Crippen LogP contribution in [0.2, 0.25) is 0 Å². The topological polar surface area (TPSA) is 12.0 Å². The van der Waals surface area contributed by atoms with Crippen molar-refractivity contribution in [1.29, 1.82) is 0 Å². The number of aryl methyl sites for hydroxylation is 1. The van der Waals surface area contributed by atoms with Gasteiger partial charge in [-0.2, -0.15) is 0 Å². The molecule has 19 heavy (non-hydrogen) atoms. The van der Waals surface area contributed by atoms with Gasteiger partial charge in [-0.3, -0.25) is 0 Å². The quantitative estimate of drug-likeness (QED) is 0.721. The highest BCUT2D eigenvalue weighted by Gasteiger charge is 2.04. The highest BCUT2D eigenvalue weighted by atomic mass is 14.8. The molecule has 0 bridgehead atoms. The summed E-state index contributed by atoms with van der Waals surface area (Å²) in [5.74, 6) is 0. The molecule has 2 rings (SSSR count). The molecular weight excluding hydrogens is 230 g/mol. The number of anilines is 1. The molecule has 0 atom stereocenters. The van der Waals surface area contributed by atoms with Crippen LogP contribution in [-0.2, 0) is 0 Å². The molecule has 0 saturated carbocycles. The first-order valence-corrected chi connectivity index (χ1v) is 7.15. The van der Waals surface area contributed by atoms with Gasteiger partial charge in [0.05, 0.1) is 0 Å². The molecule has 0 aliphatic heterocycles. The molecule has 0 saturated heterocycles. The van der Waals surface area contributed by atoms with E-state index >= 15 is 0 Å². The van der Waals surface area contributed by atoms with Gasteiger partial charge in [0.2, 0.25) is 0 Å². The Bertz CT molecular complexity index is 461. The van der Waals surface area contributed by atoms with Crippen LogP contribution in [0.3, 0.4) is 0 Å². The maximum absolute atomic E-state index is 3.22. The lowest BCUT2D eigenvalue weighted by molar-refractivity contribution is 1.44. The van der Waals surface area contributed by atoms with Crippen LogP contribution in [-0.4, -0.2) is 7.05 Å². The molecule has 0 spiro atoms. The molecule has 0 unspecified atom stereocenters. The lowest BCUT2D eigenvalue weighted by Crippen LogP contribution is -1.92. The first-order chi connectivity index (χ1) is 9.33. The third-order valence-electron chi connectivity index (χ3n) is 2.63. The lowest BCUT2D eigenvalue weighted by Gasteiger charge is -2.11. The molecule has 0 fully saturated rings. The molecule has 1 nitrogen and oxygen atoms in total. The van der Waals surface area contributed by atoms with Gasteiger partial charge < -0.3 is 5.32 Å². The molecule has 1 N–H and O–H groups in total. The van der Waals surface area contributed by atoms with Crippen LogP contribution >= 0.6 is 0 Å². The fraction of sp³-hybridized carbons (Fsp3) is 0.333. The second kappa shape index (κ2) is 10.2. The van der Waals surface area contributed by atoms with Gasteiger partial charge in [-0.1, -0.05) is 70.2 Å². The standard InChI is InChI=1S/C14H15N.2C2H6/c1-11-7-3-4-8-12(11)13-9-5-6-10-14(13)15-2;2*1-2/h3-10,15H,1-2H3;2*1-2H3. The molecule has 0 aliphatic rings. The van der Waals surface area contributed by atoms with Crippen molar-refractivity contribution in [2.75, 3.05) is 12.4 Å². The summed E-state index contributed by atoms with van der Waals surface area (Å²) >= 11 is 0. The Morgan fingerprint density at radius 3 is 1.68 bits per heavy atom. The monoisotopic (exact) mass is 257 g/mol. The van der Waals surface area contributed by atoms with E-state index < -0.39 is 0 Å². The van der Waals surface area contributed by atoms with E-state index in [1.165, 1.54) is 22.4 Å². The maximum Gasteiger partial charge on any atom is 0.0417 e. The second-order valence-corrected chi connectivity index (χ2v) is 3.61. The molecule has 0 aliphatic carbocycles. The number of benzene rings is 2. The minimum atomic E-state index is 1.17. The first-order valence-electron chi connectivity index (χ1n) is 7.15. The van der Waals surface area contributed by atoms with E-state index in [9.17, 15) is 0 Å². The molecule has 2 aromatic rings. The summed E-state index contributed by atoms with van der Waals surface area (Å²) in [6, 6.07) is 16.8. The molecule has 0 radical (unpaired) electrons.